The number of benzene rings is 2. The van der Waals surface area contributed by atoms with E-state index in [1.54, 1.807) is 30.3 Å². The van der Waals surface area contributed by atoms with Crippen molar-refractivity contribution < 1.29 is 9.18 Å². The SMILES string of the molecule is O=C(Cn1nnc(-c2ccc(Cl)cc2)n1)NC1CCSc2c(F)cccc21. The lowest BCUT2D eigenvalue weighted by atomic mass is 10.0. The van der Waals surface area contributed by atoms with Crippen molar-refractivity contribution in [2.24, 2.45) is 0 Å². The quantitative estimate of drug-likeness (QED) is 0.722. The molecule has 1 aliphatic rings. The normalized spacial score (nSPS) is 16.0. The van der Waals surface area contributed by atoms with Crippen LogP contribution in [0.4, 0.5) is 4.39 Å². The Morgan fingerprint density at radius 1 is 1.30 bits per heavy atom. The molecule has 9 heteroatoms. The predicted octanol–water partition coefficient (Wildman–Crippen LogP) is 3.49. The first-order valence-corrected chi connectivity index (χ1v) is 9.71. The molecule has 2 aromatic carbocycles. The van der Waals surface area contributed by atoms with Crippen LogP contribution in [-0.4, -0.2) is 31.9 Å². The smallest absolute Gasteiger partial charge is 0.244 e. The molecule has 0 fully saturated rings. The fraction of sp³-hybridized carbons (Fsp3) is 0.222. The Hall–Kier alpha value is -2.45. The van der Waals surface area contributed by atoms with Gasteiger partial charge in [-0.25, -0.2) is 4.39 Å². The van der Waals surface area contributed by atoms with E-state index in [4.69, 9.17) is 11.6 Å². The van der Waals surface area contributed by atoms with Gasteiger partial charge in [0.05, 0.1) is 6.04 Å². The minimum atomic E-state index is -0.248. The summed E-state index contributed by atoms with van der Waals surface area (Å²) in [6, 6.07) is 11.8. The monoisotopic (exact) mass is 403 g/mol. The Balaban J connectivity index is 1.44. The third-order valence-electron chi connectivity index (χ3n) is 4.20. The number of nitrogens with zero attached hydrogens (tertiary/aromatic N) is 4. The van der Waals surface area contributed by atoms with Crippen molar-refractivity contribution in [3.8, 4) is 11.4 Å². The summed E-state index contributed by atoms with van der Waals surface area (Å²) in [6.07, 6.45) is 0.744. The summed E-state index contributed by atoms with van der Waals surface area (Å²) in [5.41, 5.74) is 1.58. The standard InChI is InChI=1S/C18H15ClFN5OS/c19-12-6-4-11(5-7-12)18-22-24-25(23-18)10-16(26)21-15-8-9-27-17-13(15)2-1-3-14(17)20/h1-7,15H,8-10H2,(H,21,26). The van der Waals surface area contributed by atoms with Crippen LogP contribution in [0.5, 0.6) is 0 Å². The lowest BCUT2D eigenvalue weighted by Crippen LogP contribution is -2.34. The van der Waals surface area contributed by atoms with Gasteiger partial charge in [0.2, 0.25) is 11.7 Å². The van der Waals surface area contributed by atoms with E-state index >= 15 is 0 Å². The van der Waals surface area contributed by atoms with E-state index in [1.165, 1.54) is 22.6 Å². The Kier molecular flexibility index (Phi) is 5.09. The van der Waals surface area contributed by atoms with Gasteiger partial charge in [-0.1, -0.05) is 23.7 Å². The Morgan fingerprint density at radius 3 is 2.93 bits per heavy atom. The molecule has 1 N–H and O–H groups in total. The van der Waals surface area contributed by atoms with E-state index in [-0.39, 0.29) is 24.3 Å². The van der Waals surface area contributed by atoms with E-state index in [0.29, 0.717) is 15.7 Å². The van der Waals surface area contributed by atoms with Crippen LogP contribution in [0.1, 0.15) is 18.0 Å². The lowest BCUT2D eigenvalue weighted by Gasteiger charge is -2.26. The van der Waals surface area contributed by atoms with E-state index in [0.717, 1.165) is 23.3 Å². The molecule has 1 amide bonds. The molecule has 0 radical (unpaired) electrons. The summed E-state index contributed by atoms with van der Waals surface area (Å²) in [5, 5.41) is 15.7. The summed E-state index contributed by atoms with van der Waals surface area (Å²) in [5.74, 6) is 0.673. The van der Waals surface area contributed by atoms with Gasteiger partial charge in [0.25, 0.3) is 0 Å². The molecule has 0 spiro atoms. The van der Waals surface area contributed by atoms with Gasteiger partial charge in [-0.05, 0) is 47.5 Å². The largest absolute Gasteiger partial charge is 0.348 e. The maximum absolute atomic E-state index is 13.9. The summed E-state index contributed by atoms with van der Waals surface area (Å²) in [6.45, 7) is -0.0606. The second-order valence-corrected chi connectivity index (χ2v) is 7.61. The van der Waals surface area contributed by atoms with Gasteiger partial charge in [-0.3, -0.25) is 4.79 Å². The van der Waals surface area contributed by atoms with E-state index in [2.05, 4.69) is 20.7 Å². The molecule has 4 rings (SSSR count). The first-order chi connectivity index (χ1) is 13.1. The Morgan fingerprint density at radius 2 is 2.11 bits per heavy atom. The molecule has 3 aromatic rings. The molecule has 1 atom stereocenters. The highest BCUT2D eigenvalue weighted by Crippen LogP contribution is 2.37. The highest BCUT2D eigenvalue weighted by Gasteiger charge is 2.24. The van der Waals surface area contributed by atoms with Gasteiger partial charge in [-0.2, -0.15) is 4.80 Å². The maximum atomic E-state index is 13.9. The molecule has 0 saturated heterocycles. The summed E-state index contributed by atoms with van der Waals surface area (Å²) >= 11 is 7.35. The van der Waals surface area contributed by atoms with Crippen LogP contribution in [0, 0.1) is 5.82 Å². The number of aromatic nitrogens is 4. The molecule has 0 bridgehead atoms. The summed E-state index contributed by atoms with van der Waals surface area (Å²) in [7, 11) is 0. The minimum Gasteiger partial charge on any atom is -0.348 e. The Labute approximate surface area is 164 Å². The third kappa shape index (κ3) is 3.96. The molecule has 1 aliphatic heterocycles. The van der Waals surface area contributed by atoms with Crippen LogP contribution in [-0.2, 0) is 11.3 Å². The zero-order chi connectivity index (χ0) is 18.8. The van der Waals surface area contributed by atoms with Crippen molar-refractivity contribution in [2.45, 2.75) is 23.9 Å². The average molecular weight is 404 g/mol. The van der Waals surface area contributed by atoms with Gasteiger partial charge in [0.15, 0.2) is 0 Å². The minimum absolute atomic E-state index is 0.0606. The number of nitrogens with one attached hydrogen (secondary N) is 1. The van der Waals surface area contributed by atoms with Crippen LogP contribution < -0.4 is 5.32 Å². The van der Waals surface area contributed by atoms with Gasteiger partial charge in [0, 0.05) is 21.2 Å². The third-order valence-corrected chi connectivity index (χ3v) is 5.61. The van der Waals surface area contributed by atoms with Crippen molar-refractivity contribution in [3.05, 3.63) is 58.9 Å². The van der Waals surface area contributed by atoms with Gasteiger partial charge >= 0.3 is 0 Å². The average Bonchev–Trinajstić information content (AvgIpc) is 3.11. The van der Waals surface area contributed by atoms with Gasteiger partial charge < -0.3 is 5.32 Å². The van der Waals surface area contributed by atoms with Crippen LogP contribution >= 0.6 is 23.4 Å². The van der Waals surface area contributed by atoms with E-state index < -0.39 is 0 Å². The second-order valence-electron chi connectivity index (χ2n) is 6.07. The molecule has 2 heterocycles. The molecule has 0 aliphatic carbocycles. The summed E-state index contributed by atoms with van der Waals surface area (Å²) < 4.78 is 13.9. The molecule has 0 saturated carbocycles. The van der Waals surface area contributed by atoms with Crippen molar-refractivity contribution >= 4 is 29.3 Å². The molecule has 138 valence electrons. The van der Waals surface area contributed by atoms with Gasteiger partial charge in [0.1, 0.15) is 12.4 Å². The summed E-state index contributed by atoms with van der Waals surface area (Å²) in [4.78, 5) is 14.3. The fourth-order valence-electron chi connectivity index (χ4n) is 2.93. The number of hydrogen-bond acceptors (Lipinski definition) is 5. The number of fused-ring (bicyclic) bond motifs is 1. The molecular weight excluding hydrogens is 389 g/mol. The fourth-order valence-corrected chi connectivity index (χ4v) is 4.20. The van der Waals surface area contributed by atoms with Crippen LogP contribution in [0.15, 0.2) is 47.4 Å². The van der Waals surface area contributed by atoms with Crippen LogP contribution in [0.3, 0.4) is 0 Å². The number of tetrazole rings is 1. The lowest BCUT2D eigenvalue weighted by molar-refractivity contribution is -0.122. The highest BCUT2D eigenvalue weighted by molar-refractivity contribution is 7.99. The first-order valence-electron chi connectivity index (χ1n) is 8.34. The van der Waals surface area contributed by atoms with E-state index in [1.807, 2.05) is 6.07 Å². The molecule has 1 unspecified atom stereocenters. The van der Waals surface area contributed by atoms with Crippen molar-refractivity contribution in [3.63, 3.8) is 0 Å². The number of rotatable bonds is 4. The zero-order valence-corrected chi connectivity index (χ0v) is 15.7. The van der Waals surface area contributed by atoms with Crippen molar-refractivity contribution in [1.82, 2.24) is 25.5 Å². The maximum Gasteiger partial charge on any atom is 0.244 e. The van der Waals surface area contributed by atoms with Gasteiger partial charge in [-0.15, -0.1) is 22.0 Å². The number of carbonyl (C=O) groups is 1. The molecule has 1 aromatic heterocycles. The first kappa shape index (κ1) is 17.9. The number of thioether (sulfide) groups is 1. The second kappa shape index (κ2) is 7.66. The topological polar surface area (TPSA) is 72.7 Å². The Bertz CT molecular complexity index is 978. The van der Waals surface area contributed by atoms with Crippen molar-refractivity contribution in [1.29, 1.82) is 0 Å². The number of amides is 1. The number of carbonyl (C=O) groups excluding carboxylic acids is 1. The molecular formula is C18H15ClFN5OS. The molecule has 6 nitrogen and oxygen atoms in total. The van der Waals surface area contributed by atoms with E-state index in [9.17, 15) is 9.18 Å². The van der Waals surface area contributed by atoms with Crippen LogP contribution in [0.2, 0.25) is 5.02 Å². The zero-order valence-electron chi connectivity index (χ0n) is 14.1. The molecule has 27 heavy (non-hydrogen) atoms. The predicted molar refractivity (Wildman–Crippen MR) is 101 cm³/mol. The number of hydrogen-bond donors (Lipinski definition) is 1. The van der Waals surface area contributed by atoms with Crippen molar-refractivity contribution in [2.75, 3.05) is 5.75 Å². The number of halogens is 2. The van der Waals surface area contributed by atoms with Crippen LogP contribution in [0.25, 0.3) is 11.4 Å². The highest BCUT2D eigenvalue weighted by atomic mass is 35.5.